The van der Waals surface area contributed by atoms with Crippen LogP contribution in [0.4, 0.5) is 0 Å². The molecule has 1 aliphatic rings. The molecule has 0 radical (unpaired) electrons. The molecule has 1 N–H and O–H groups in total. The molecule has 1 saturated carbocycles. The molecule has 1 unspecified atom stereocenters. The topological polar surface area (TPSA) is 49.4 Å². The van der Waals surface area contributed by atoms with Crippen molar-refractivity contribution in [1.29, 1.82) is 0 Å². The van der Waals surface area contributed by atoms with Crippen molar-refractivity contribution in [2.45, 2.75) is 69.5 Å². The molecular weight excluding hydrogens is 392 g/mol. The normalized spacial score (nSPS) is 15.0. The molecule has 3 rings (SSSR count). The van der Waals surface area contributed by atoms with Crippen molar-refractivity contribution in [1.82, 2.24) is 10.2 Å². The summed E-state index contributed by atoms with van der Waals surface area (Å²) in [5.41, 5.74) is 2.24. The van der Waals surface area contributed by atoms with Crippen LogP contribution in [0.5, 0.6) is 0 Å². The Morgan fingerprint density at radius 3 is 2.37 bits per heavy atom. The molecule has 0 aliphatic heterocycles. The van der Waals surface area contributed by atoms with Crippen LogP contribution in [0, 0.1) is 6.92 Å². The summed E-state index contributed by atoms with van der Waals surface area (Å²) in [6.45, 7) is 4.48. The van der Waals surface area contributed by atoms with Gasteiger partial charge in [-0.1, -0.05) is 67.8 Å². The quantitative estimate of drug-likeness (QED) is 0.579. The summed E-state index contributed by atoms with van der Waals surface area (Å²) in [4.78, 5) is 29.2. The number of hydrogen-bond donors (Lipinski definition) is 1. The zero-order valence-corrected chi connectivity index (χ0v) is 18.8. The zero-order chi connectivity index (χ0) is 21.3. The second-order valence-corrected chi connectivity index (χ2v) is 9.07. The SMILES string of the molecule is CCC(C(=O)NC1CCCC1)N(Cc1ccccc1)C(=O)CSc1ccc(C)cc1. The minimum absolute atomic E-state index is 0.00199. The molecule has 4 nitrogen and oxygen atoms in total. The third-order valence-electron chi connectivity index (χ3n) is 5.67. The van der Waals surface area contributed by atoms with E-state index < -0.39 is 6.04 Å². The van der Waals surface area contributed by atoms with Crippen molar-refractivity contribution in [3.8, 4) is 0 Å². The number of rotatable bonds is 9. The number of carbonyl (C=O) groups is 2. The van der Waals surface area contributed by atoms with E-state index in [0.717, 1.165) is 23.3 Å². The molecule has 5 heteroatoms. The Morgan fingerprint density at radius 1 is 1.07 bits per heavy atom. The molecule has 160 valence electrons. The molecule has 1 aliphatic carbocycles. The van der Waals surface area contributed by atoms with Crippen LogP contribution in [0.25, 0.3) is 0 Å². The fraction of sp³-hybridized carbons (Fsp3) is 0.440. The number of carbonyl (C=O) groups excluding carboxylic acids is 2. The van der Waals surface area contributed by atoms with Crippen molar-refractivity contribution in [2.24, 2.45) is 0 Å². The van der Waals surface area contributed by atoms with E-state index in [-0.39, 0.29) is 17.9 Å². The van der Waals surface area contributed by atoms with Gasteiger partial charge in [0.25, 0.3) is 0 Å². The van der Waals surface area contributed by atoms with Gasteiger partial charge in [0.05, 0.1) is 5.75 Å². The van der Waals surface area contributed by atoms with Gasteiger partial charge in [0.1, 0.15) is 6.04 Å². The van der Waals surface area contributed by atoms with Crippen molar-refractivity contribution >= 4 is 23.6 Å². The largest absolute Gasteiger partial charge is 0.352 e. The van der Waals surface area contributed by atoms with Gasteiger partial charge in [-0.15, -0.1) is 11.8 Å². The van der Waals surface area contributed by atoms with Gasteiger partial charge in [-0.05, 0) is 43.9 Å². The standard InChI is InChI=1S/C25H32N2O2S/c1-3-23(25(29)26-21-11-7-8-12-21)27(17-20-9-5-4-6-10-20)24(28)18-30-22-15-13-19(2)14-16-22/h4-6,9-10,13-16,21,23H,3,7-8,11-12,17-18H2,1-2H3,(H,26,29). The fourth-order valence-electron chi connectivity index (χ4n) is 3.93. The third-order valence-corrected chi connectivity index (χ3v) is 6.66. The van der Waals surface area contributed by atoms with Gasteiger partial charge < -0.3 is 10.2 Å². The number of benzene rings is 2. The van der Waals surface area contributed by atoms with E-state index in [4.69, 9.17) is 0 Å². The smallest absolute Gasteiger partial charge is 0.243 e. The van der Waals surface area contributed by atoms with Gasteiger partial charge in [0, 0.05) is 17.5 Å². The van der Waals surface area contributed by atoms with E-state index >= 15 is 0 Å². The van der Waals surface area contributed by atoms with Crippen LogP contribution in [-0.2, 0) is 16.1 Å². The number of nitrogens with one attached hydrogen (secondary N) is 1. The average molecular weight is 425 g/mol. The molecule has 30 heavy (non-hydrogen) atoms. The number of amides is 2. The Bertz CT molecular complexity index is 817. The fourth-order valence-corrected chi connectivity index (χ4v) is 4.71. The molecule has 0 bridgehead atoms. The first kappa shape index (κ1) is 22.4. The monoisotopic (exact) mass is 424 g/mol. The van der Waals surface area contributed by atoms with Crippen LogP contribution >= 0.6 is 11.8 Å². The van der Waals surface area contributed by atoms with Crippen molar-refractivity contribution < 1.29 is 9.59 Å². The highest BCUT2D eigenvalue weighted by atomic mass is 32.2. The molecular formula is C25H32N2O2S. The van der Waals surface area contributed by atoms with Gasteiger partial charge >= 0.3 is 0 Å². The lowest BCUT2D eigenvalue weighted by molar-refractivity contribution is -0.139. The summed E-state index contributed by atoms with van der Waals surface area (Å²) in [7, 11) is 0. The molecule has 0 spiro atoms. The van der Waals surface area contributed by atoms with E-state index in [0.29, 0.717) is 18.7 Å². The first-order chi connectivity index (χ1) is 14.6. The first-order valence-corrected chi connectivity index (χ1v) is 11.9. The minimum atomic E-state index is -0.447. The molecule has 2 amide bonds. The highest BCUT2D eigenvalue weighted by Crippen LogP contribution is 2.22. The number of aryl methyl sites for hydroxylation is 1. The molecule has 1 atom stereocenters. The van der Waals surface area contributed by atoms with Crippen molar-refractivity contribution in [2.75, 3.05) is 5.75 Å². The summed E-state index contributed by atoms with van der Waals surface area (Å²) in [6, 6.07) is 17.9. The molecule has 0 saturated heterocycles. The summed E-state index contributed by atoms with van der Waals surface area (Å²) >= 11 is 1.53. The van der Waals surface area contributed by atoms with Gasteiger partial charge in [-0.25, -0.2) is 0 Å². The summed E-state index contributed by atoms with van der Waals surface area (Å²) < 4.78 is 0. The van der Waals surface area contributed by atoms with Crippen LogP contribution in [0.3, 0.4) is 0 Å². The van der Waals surface area contributed by atoms with Crippen LogP contribution < -0.4 is 5.32 Å². The summed E-state index contributed by atoms with van der Waals surface area (Å²) in [5.74, 6) is 0.301. The number of nitrogens with zero attached hydrogens (tertiary/aromatic N) is 1. The number of thioether (sulfide) groups is 1. The van der Waals surface area contributed by atoms with Crippen LogP contribution in [-0.4, -0.2) is 34.6 Å². The Balaban J connectivity index is 1.72. The average Bonchev–Trinajstić information content (AvgIpc) is 3.26. The predicted octanol–water partition coefficient (Wildman–Crippen LogP) is 4.95. The van der Waals surface area contributed by atoms with E-state index in [1.165, 1.54) is 30.2 Å². The molecule has 2 aromatic rings. The second kappa shape index (κ2) is 11.2. The summed E-state index contributed by atoms with van der Waals surface area (Å²) in [6.07, 6.45) is 5.02. The highest BCUT2D eigenvalue weighted by Gasteiger charge is 2.30. The molecule has 0 heterocycles. The second-order valence-electron chi connectivity index (χ2n) is 8.02. The summed E-state index contributed by atoms with van der Waals surface area (Å²) in [5, 5.41) is 3.19. The van der Waals surface area contributed by atoms with Gasteiger partial charge in [0.2, 0.25) is 11.8 Å². The maximum absolute atomic E-state index is 13.3. The van der Waals surface area contributed by atoms with Crippen LogP contribution in [0.15, 0.2) is 59.5 Å². The maximum Gasteiger partial charge on any atom is 0.243 e. The number of hydrogen-bond acceptors (Lipinski definition) is 3. The molecule has 1 fully saturated rings. The maximum atomic E-state index is 13.3. The van der Waals surface area contributed by atoms with E-state index in [1.54, 1.807) is 4.90 Å². The van der Waals surface area contributed by atoms with E-state index in [2.05, 4.69) is 24.4 Å². The highest BCUT2D eigenvalue weighted by molar-refractivity contribution is 8.00. The van der Waals surface area contributed by atoms with E-state index in [1.807, 2.05) is 49.4 Å². The van der Waals surface area contributed by atoms with Crippen LogP contribution in [0.1, 0.15) is 50.2 Å². The Hall–Kier alpha value is -2.27. The van der Waals surface area contributed by atoms with Gasteiger partial charge in [-0.3, -0.25) is 9.59 Å². The Morgan fingerprint density at radius 2 is 1.73 bits per heavy atom. The Labute approximate surface area is 184 Å². The Kier molecular flexibility index (Phi) is 8.38. The van der Waals surface area contributed by atoms with Crippen LogP contribution in [0.2, 0.25) is 0 Å². The molecule has 0 aromatic heterocycles. The van der Waals surface area contributed by atoms with Gasteiger partial charge in [0.15, 0.2) is 0 Å². The van der Waals surface area contributed by atoms with Gasteiger partial charge in [-0.2, -0.15) is 0 Å². The third kappa shape index (κ3) is 6.36. The lowest BCUT2D eigenvalue weighted by atomic mass is 10.1. The predicted molar refractivity (Wildman–Crippen MR) is 123 cm³/mol. The minimum Gasteiger partial charge on any atom is -0.352 e. The van der Waals surface area contributed by atoms with E-state index in [9.17, 15) is 9.59 Å². The zero-order valence-electron chi connectivity index (χ0n) is 18.0. The van der Waals surface area contributed by atoms with Crippen molar-refractivity contribution in [3.63, 3.8) is 0 Å². The first-order valence-electron chi connectivity index (χ1n) is 10.9. The molecule has 2 aromatic carbocycles. The van der Waals surface area contributed by atoms with Crippen molar-refractivity contribution in [3.05, 3.63) is 65.7 Å². The lowest BCUT2D eigenvalue weighted by Gasteiger charge is -2.31. The lowest BCUT2D eigenvalue weighted by Crippen LogP contribution is -2.51.